The normalized spacial score (nSPS) is 13.8. The summed E-state index contributed by atoms with van der Waals surface area (Å²) in [6.07, 6.45) is 4.98. The Morgan fingerprint density at radius 2 is 2.00 bits per heavy atom. The van der Waals surface area contributed by atoms with Gasteiger partial charge >= 0.3 is 0 Å². The molecule has 0 aliphatic carbocycles. The summed E-state index contributed by atoms with van der Waals surface area (Å²) in [6, 6.07) is 12.5. The average Bonchev–Trinajstić information content (AvgIpc) is 3.04. The maximum absolute atomic E-state index is 6.04. The van der Waals surface area contributed by atoms with Crippen molar-refractivity contribution >= 4 is 5.52 Å². The first-order valence-electron chi connectivity index (χ1n) is 8.94. The fourth-order valence-corrected chi connectivity index (χ4v) is 3.22. The summed E-state index contributed by atoms with van der Waals surface area (Å²) in [5.74, 6) is 1.99. The molecule has 0 amide bonds. The van der Waals surface area contributed by atoms with Crippen LogP contribution in [0.1, 0.15) is 25.8 Å². The molecule has 0 saturated carbocycles. The molecule has 0 spiro atoms. The molecule has 0 radical (unpaired) electrons. The Hall–Kier alpha value is -2.33. The zero-order valence-electron chi connectivity index (χ0n) is 15.3. The molecule has 4 heteroatoms. The fourth-order valence-electron chi connectivity index (χ4n) is 3.22. The average molecular weight is 337 g/mol. The van der Waals surface area contributed by atoms with Crippen LogP contribution in [0.15, 0.2) is 48.8 Å². The van der Waals surface area contributed by atoms with E-state index in [1.54, 1.807) is 0 Å². The third-order valence-corrected chi connectivity index (χ3v) is 4.64. The Bertz CT molecular complexity index is 840. The van der Waals surface area contributed by atoms with Gasteiger partial charge in [-0.1, -0.05) is 26.0 Å². The number of aromatic nitrogens is 2. The highest BCUT2D eigenvalue weighted by atomic mass is 16.5. The van der Waals surface area contributed by atoms with Gasteiger partial charge in [-0.2, -0.15) is 5.10 Å². The van der Waals surface area contributed by atoms with Crippen LogP contribution in [0.2, 0.25) is 0 Å². The number of ether oxygens (including phenoxy) is 1. The van der Waals surface area contributed by atoms with E-state index in [0.29, 0.717) is 11.8 Å². The maximum atomic E-state index is 6.04. The second-order valence-electron chi connectivity index (χ2n) is 7.06. The molecule has 2 N–H and O–H groups in total. The first-order chi connectivity index (χ1) is 12.1. The summed E-state index contributed by atoms with van der Waals surface area (Å²) in [5.41, 5.74) is 10.3. The number of hydrogen-bond donors (Lipinski definition) is 1. The number of hydrogen-bond acceptors (Lipinski definition) is 3. The molecule has 0 fully saturated rings. The molecule has 1 aromatic carbocycles. The van der Waals surface area contributed by atoms with Gasteiger partial charge < -0.3 is 10.5 Å². The Kier molecular flexibility index (Phi) is 5.39. The minimum Gasteiger partial charge on any atom is -0.493 e. The third kappa shape index (κ3) is 4.02. The predicted molar refractivity (Wildman–Crippen MR) is 103 cm³/mol. The number of pyridine rings is 1. The van der Waals surface area contributed by atoms with Crippen LogP contribution in [0, 0.1) is 18.8 Å². The molecule has 3 aromatic rings. The van der Waals surface area contributed by atoms with Gasteiger partial charge in [-0.05, 0) is 67.1 Å². The number of benzene rings is 1. The molecule has 4 nitrogen and oxygen atoms in total. The lowest BCUT2D eigenvalue weighted by Crippen LogP contribution is -2.17. The van der Waals surface area contributed by atoms with E-state index < -0.39 is 0 Å². The molecule has 2 atom stereocenters. The molecule has 0 aliphatic heterocycles. The van der Waals surface area contributed by atoms with E-state index in [1.807, 2.05) is 29.0 Å². The van der Waals surface area contributed by atoms with Gasteiger partial charge in [0.25, 0.3) is 0 Å². The second-order valence-corrected chi connectivity index (χ2v) is 7.06. The third-order valence-electron chi connectivity index (χ3n) is 4.64. The quantitative estimate of drug-likeness (QED) is 0.699. The summed E-state index contributed by atoms with van der Waals surface area (Å²) in [5, 5.41) is 4.42. The van der Waals surface area contributed by atoms with Gasteiger partial charge in [-0.15, -0.1) is 0 Å². The minimum atomic E-state index is 0.497. The summed E-state index contributed by atoms with van der Waals surface area (Å²) in [6.45, 7) is 7.96. The summed E-state index contributed by atoms with van der Waals surface area (Å²) in [7, 11) is 0. The molecular formula is C21H27N3O. The Morgan fingerprint density at radius 3 is 2.76 bits per heavy atom. The molecule has 3 rings (SSSR count). The number of nitrogens with two attached hydrogens (primary N) is 1. The smallest absolute Gasteiger partial charge is 0.122 e. The topological polar surface area (TPSA) is 52.5 Å². The standard InChI is InChI=1S/C21H27N3O/c1-15(12-22)10-16(2)14-25-21-8-7-18(11-17(21)3)19-13-23-24-9-5-4-6-20(19)24/h4-9,11,13,15-16H,10,12,14,22H2,1-3H3. The predicted octanol–water partition coefficient (Wildman–Crippen LogP) is 4.31. The van der Waals surface area contributed by atoms with Crippen LogP contribution in [-0.4, -0.2) is 22.8 Å². The lowest BCUT2D eigenvalue weighted by Gasteiger charge is -2.17. The molecule has 2 unspecified atom stereocenters. The number of nitrogens with zero attached hydrogens (tertiary/aromatic N) is 2. The zero-order valence-corrected chi connectivity index (χ0v) is 15.3. The van der Waals surface area contributed by atoms with E-state index >= 15 is 0 Å². The van der Waals surface area contributed by atoms with Crippen molar-refractivity contribution in [1.29, 1.82) is 0 Å². The van der Waals surface area contributed by atoms with Crippen LogP contribution >= 0.6 is 0 Å². The van der Waals surface area contributed by atoms with Crippen molar-refractivity contribution in [3.63, 3.8) is 0 Å². The van der Waals surface area contributed by atoms with Crippen LogP contribution in [0.3, 0.4) is 0 Å². The Labute approximate surface area is 149 Å². The van der Waals surface area contributed by atoms with Crippen LogP contribution < -0.4 is 10.5 Å². The van der Waals surface area contributed by atoms with E-state index in [2.05, 4.69) is 50.1 Å². The van der Waals surface area contributed by atoms with E-state index in [9.17, 15) is 0 Å². The number of rotatable bonds is 7. The van der Waals surface area contributed by atoms with Gasteiger partial charge in [0.15, 0.2) is 0 Å². The molecular weight excluding hydrogens is 310 g/mol. The monoisotopic (exact) mass is 337 g/mol. The van der Waals surface area contributed by atoms with Crippen molar-refractivity contribution in [2.24, 2.45) is 17.6 Å². The van der Waals surface area contributed by atoms with E-state index in [1.165, 1.54) is 0 Å². The largest absolute Gasteiger partial charge is 0.493 e. The molecule has 0 aliphatic rings. The van der Waals surface area contributed by atoms with Crippen LogP contribution in [0.5, 0.6) is 5.75 Å². The maximum Gasteiger partial charge on any atom is 0.122 e. The highest BCUT2D eigenvalue weighted by molar-refractivity contribution is 5.80. The summed E-state index contributed by atoms with van der Waals surface area (Å²) in [4.78, 5) is 0. The van der Waals surface area contributed by atoms with Crippen LogP contribution in [0.4, 0.5) is 0 Å². The fraction of sp³-hybridized carbons (Fsp3) is 0.381. The highest BCUT2D eigenvalue weighted by Crippen LogP contribution is 2.29. The lowest BCUT2D eigenvalue weighted by atomic mass is 9.98. The summed E-state index contributed by atoms with van der Waals surface area (Å²) < 4.78 is 7.94. The second kappa shape index (κ2) is 7.70. The van der Waals surface area contributed by atoms with Gasteiger partial charge in [0, 0.05) is 11.8 Å². The SMILES string of the molecule is Cc1cc(-c2cnn3ccccc23)ccc1OCC(C)CC(C)CN. The van der Waals surface area contributed by atoms with Gasteiger partial charge in [0.05, 0.1) is 18.3 Å². The van der Waals surface area contributed by atoms with Crippen molar-refractivity contribution in [2.45, 2.75) is 27.2 Å². The van der Waals surface area contributed by atoms with E-state index in [4.69, 9.17) is 10.5 Å². The molecule has 0 saturated heterocycles. The molecule has 0 bridgehead atoms. The van der Waals surface area contributed by atoms with Gasteiger partial charge in [-0.25, -0.2) is 4.52 Å². The van der Waals surface area contributed by atoms with E-state index in [-0.39, 0.29) is 0 Å². The van der Waals surface area contributed by atoms with Gasteiger partial charge in [-0.3, -0.25) is 0 Å². The first-order valence-corrected chi connectivity index (χ1v) is 8.94. The van der Waals surface area contributed by atoms with Gasteiger partial charge in [0.1, 0.15) is 5.75 Å². The van der Waals surface area contributed by atoms with Gasteiger partial charge in [0.2, 0.25) is 0 Å². The lowest BCUT2D eigenvalue weighted by molar-refractivity contribution is 0.235. The molecule has 25 heavy (non-hydrogen) atoms. The number of aryl methyl sites for hydroxylation is 1. The minimum absolute atomic E-state index is 0.497. The number of fused-ring (bicyclic) bond motifs is 1. The molecule has 2 heterocycles. The van der Waals surface area contributed by atoms with Crippen molar-refractivity contribution in [3.8, 4) is 16.9 Å². The first kappa shape index (κ1) is 17.5. The van der Waals surface area contributed by atoms with Crippen molar-refractivity contribution in [1.82, 2.24) is 9.61 Å². The van der Waals surface area contributed by atoms with Crippen molar-refractivity contribution < 1.29 is 4.74 Å². The Balaban J connectivity index is 1.73. The highest BCUT2D eigenvalue weighted by Gasteiger charge is 2.11. The zero-order chi connectivity index (χ0) is 17.8. The molecule has 2 aromatic heterocycles. The van der Waals surface area contributed by atoms with E-state index in [0.717, 1.165) is 47.5 Å². The molecule has 132 valence electrons. The van der Waals surface area contributed by atoms with Crippen LogP contribution in [0.25, 0.3) is 16.6 Å². The van der Waals surface area contributed by atoms with Crippen molar-refractivity contribution in [2.75, 3.05) is 13.2 Å². The van der Waals surface area contributed by atoms with Crippen molar-refractivity contribution in [3.05, 3.63) is 54.4 Å². The summed E-state index contributed by atoms with van der Waals surface area (Å²) >= 11 is 0. The van der Waals surface area contributed by atoms with Crippen LogP contribution in [-0.2, 0) is 0 Å². The Morgan fingerprint density at radius 1 is 1.16 bits per heavy atom.